The van der Waals surface area contributed by atoms with Gasteiger partial charge in [0.2, 0.25) is 10.0 Å². The normalized spacial score (nSPS) is 11.2. The first-order chi connectivity index (χ1) is 13.3. The number of rotatable bonds is 10. The van der Waals surface area contributed by atoms with Crippen molar-refractivity contribution in [1.29, 1.82) is 0 Å². The Hall–Kier alpha value is -2.42. The van der Waals surface area contributed by atoms with Crippen LogP contribution >= 0.6 is 0 Å². The lowest BCUT2D eigenvalue weighted by Crippen LogP contribution is -2.28. The van der Waals surface area contributed by atoms with Gasteiger partial charge in [-0.25, -0.2) is 13.1 Å². The van der Waals surface area contributed by atoms with Crippen molar-refractivity contribution in [3.05, 3.63) is 59.2 Å². The van der Waals surface area contributed by atoms with Crippen LogP contribution in [0.3, 0.4) is 0 Å². The van der Waals surface area contributed by atoms with Crippen molar-refractivity contribution in [2.75, 3.05) is 26.9 Å². The number of aryl methyl sites for hydroxylation is 2. The van der Waals surface area contributed by atoms with Crippen LogP contribution in [0.25, 0.3) is 0 Å². The minimum Gasteiger partial charge on any atom is -0.484 e. The molecule has 0 saturated carbocycles. The minimum atomic E-state index is -3.56. The lowest BCUT2D eigenvalue weighted by Gasteiger charge is -2.10. The van der Waals surface area contributed by atoms with Crippen LogP contribution in [0.5, 0.6) is 5.75 Å². The number of hydrogen-bond donors (Lipinski definition) is 2. The van der Waals surface area contributed by atoms with Gasteiger partial charge in [-0.15, -0.1) is 0 Å². The number of carbonyl (C=O) groups excluding carboxylic acids is 1. The molecule has 0 atom stereocenters. The van der Waals surface area contributed by atoms with Gasteiger partial charge in [-0.3, -0.25) is 4.79 Å². The maximum Gasteiger partial charge on any atom is 0.258 e. The smallest absolute Gasteiger partial charge is 0.258 e. The van der Waals surface area contributed by atoms with Gasteiger partial charge in [-0.05, 0) is 54.8 Å². The molecule has 0 aliphatic heterocycles. The molecule has 1 amide bonds. The molecule has 152 valence electrons. The van der Waals surface area contributed by atoms with Crippen LogP contribution in [-0.2, 0) is 26.1 Å². The zero-order chi connectivity index (χ0) is 20.6. The molecule has 2 aromatic carbocycles. The number of hydrogen-bond acceptors (Lipinski definition) is 5. The number of amides is 1. The number of sulfonamides is 1. The highest BCUT2D eigenvalue weighted by Crippen LogP contribution is 2.16. The summed E-state index contributed by atoms with van der Waals surface area (Å²) < 4.78 is 37.0. The largest absolute Gasteiger partial charge is 0.484 e. The molecule has 2 aromatic rings. The van der Waals surface area contributed by atoms with E-state index in [4.69, 9.17) is 9.47 Å². The highest BCUT2D eigenvalue weighted by molar-refractivity contribution is 7.89. The first-order valence-electron chi connectivity index (χ1n) is 8.86. The standard InChI is InChI=1S/C20H26N2O5S/c1-15-4-7-18(12-16(15)2)27-14-20(23)21-13-17-5-8-19(9-6-17)28(24,25)22-10-11-26-3/h4-9,12,22H,10-11,13-14H2,1-3H3,(H,21,23). The molecule has 0 fully saturated rings. The lowest BCUT2D eigenvalue weighted by atomic mass is 10.1. The Morgan fingerprint density at radius 1 is 1.04 bits per heavy atom. The molecule has 0 unspecified atom stereocenters. The summed E-state index contributed by atoms with van der Waals surface area (Å²) in [5.41, 5.74) is 3.05. The number of ether oxygens (including phenoxy) is 2. The number of nitrogens with one attached hydrogen (secondary N) is 2. The SMILES string of the molecule is COCCNS(=O)(=O)c1ccc(CNC(=O)COc2ccc(C)c(C)c2)cc1. The fraction of sp³-hybridized carbons (Fsp3) is 0.350. The van der Waals surface area contributed by atoms with E-state index < -0.39 is 10.0 Å². The Bertz CT molecular complexity index is 895. The molecule has 2 N–H and O–H groups in total. The van der Waals surface area contributed by atoms with Crippen molar-refractivity contribution >= 4 is 15.9 Å². The molecular formula is C20H26N2O5S. The van der Waals surface area contributed by atoms with Crippen molar-refractivity contribution in [1.82, 2.24) is 10.0 Å². The van der Waals surface area contributed by atoms with E-state index in [9.17, 15) is 13.2 Å². The summed E-state index contributed by atoms with van der Waals surface area (Å²) in [5, 5.41) is 2.75. The molecule has 0 heterocycles. The molecule has 0 saturated heterocycles. The van der Waals surface area contributed by atoms with Crippen LogP contribution in [0.2, 0.25) is 0 Å². The average Bonchev–Trinajstić information content (AvgIpc) is 2.67. The van der Waals surface area contributed by atoms with Crippen LogP contribution in [0.1, 0.15) is 16.7 Å². The maximum atomic E-state index is 12.1. The van der Waals surface area contributed by atoms with Crippen LogP contribution in [0, 0.1) is 13.8 Å². The van der Waals surface area contributed by atoms with Crippen molar-refractivity contribution in [3.63, 3.8) is 0 Å². The van der Waals surface area contributed by atoms with Crippen molar-refractivity contribution in [2.24, 2.45) is 0 Å². The fourth-order valence-corrected chi connectivity index (χ4v) is 3.37. The Kier molecular flexibility index (Phi) is 7.98. The number of carbonyl (C=O) groups is 1. The third-order valence-electron chi connectivity index (χ3n) is 4.17. The number of methoxy groups -OCH3 is 1. The highest BCUT2D eigenvalue weighted by Gasteiger charge is 2.13. The Morgan fingerprint density at radius 2 is 1.75 bits per heavy atom. The Labute approximate surface area is 166 Å². The van der Waals surface area contributed by atoms with Gasteiger partial charge in [0.1, 0.15) is 5.75 Å². The summed E-state index contributed by atoms with van der Waals surface area (Å²) in [4.78, 5) is 12.1. The van der Waals surface area contributed by atoms with Crippen molar-refractivity contribution in [2.45, 2.75) is 25.3 Å². The summed E-state index contributed by atoms with van der Waals surface area (Å²) >= 11 is 0. The van der Waals surface area contributed by atoms with E-state index in [0.29, 0.717) is 12.4 Å². The molecule has 28 heavy (non-hydrogen) atoms. The maximum absolute atomic E-state index is 12.1. The van der Waals surface area contributed by atoms with E-state index in [1.54, 1.807) is 12.1 Å². The highest BCUT2D eigenvalue weighted by atomic mass is 32.2. The molecule has 0 spiro atoms. The van der Waals surface area contributed by atoms with E-state index in [2.05, 4.69) is 10.0 Å². The predicted molar refractivity (Wildman–Crippen MR) is 107 cm³/mol. The van der Waals surface area contributed by atoms with Gasteiger partial charge in [-0.1, -0.05) is 18.2 Å². The first kappa shape index (κ1) is 21.9. The fourth-order valence-electron chi connectivity index (χ4n) is 2.35. The molecule has 8 heteroatoms. The van der Waals surface area contributed by atoms with E-state index in [1.165, 1.54) is 19.2 Å². The van der Waals surface area contributed by atoms with E-state index in [1.807, 2.05) is 32.0 Å². The third-order valence-corrected chi connectivity index (χ3v) is 5.65. The molecule has 0 aromatic heterocycles. The lowest BCUT2D eigenvalue weighted by molar-refractivity contribution is -0.123. The molecule has 7 nitrogen and oxygen atoms in total. The number of benzene rings is 2. The molecule has 0 radical (unpaired) electrons. The van der Waals surface area contributed by atoms with Crippen LogP contribution in [-0.4, -0.2) is 41.2 Å². The predicted octanol–water partition coefficient (Wildman–Crippen LogP) is 1.92. The van der Waals surface area contributed by atoms with Gasteiger partial charge >= 0.3 is 0 Å². The van der Waals surface area contributed by atoms with Gasteiger partial charge in [0.05, 0.1) is 11.5 Å². The first-order valence-corrected chi connectivity index (χ1v) is 10.3. The molecular weight excluding hydrogens is 380 g/mol. The van der Waals surface area contributed by atoms with Gasteiger partial charge in [0.25, 0.3) is 5.91 Å². The minimum absolute atomic E-state index is 0.0849. The van der Waals surface area contributed by atoms with E-state index in [-0.39, 0.29) is 30.5 Å². The third kappa shape index (κ3) is 6.63. The summed E-state index contributed by atoms with van der Waals surface area (Å²) in [5.74, 6) is 0.393. The van der Waals surface area contributed by atoms with Crippen LogP contribution < -0.4 is 14.8 Å². The van der Waals surface area contributed by atoms with Gasteiger partial charge in [-0.2, -0.15) is 0 Å². The summed E-state index contributed by atoms with van der Waals surface area (Å²) in [6, 6.07) is 12.0. The summed E-state index contributed by atoms with van der Waals surface area (Å²) in [6.07, 6.45) is 0. The summed E-state index contributed by atoms with van der Waals surface area (Å²) in [6.45, 7) is 4.70. The summed E-state index contributed by atoms with van der Waals surface area (Å²) in [7, 11) is -2.06. The molecule has 2 rings (SSSR count). The average molecular weight is 407 g/mol. The van der Waals surface area contributed by atoms with Gasteiger partial charge < -0.3 is 14.8 Å². The topological polar surface area (TPSA) is 93.7 Å². The van der Waals surface area contributed by atoms with Gasteiger partial charge in [0.15, 0.2) is 6.61 Å². The van der Waals surface area contributed by atoms with Crippen molar-refractivity contribution in [3.8, 4) is 5.75 Å². The molecule has 0 aliphatic carbocycles. The molecule has 0 bridgehead atoms. The second kappa shape index (κ2) is 10.2. The Balaban J connectivity index is 1.82. The monoisotopic (exact) mass is 406 g/mol. The zero-order valence-corrected chi connectivity index (χ0v) is 17.1. The Morgan fingerprint density at radius 3 is 2.39 bits per heavy atom. The second-order valence-electron chi connectivity index (χ2n) is 6.35. The quantitative estimate of drug-likeness (QED) is 0.588. The molecule has 0 aliphatic rings. The van der Waals surface area contributed by atoms with Crippen LogP contribution in [0.15, 0.2) is 47.4 Å². The van der Waals surface area contributed by atoms with E-state index >= 15 is 0 Å². The van der Waals surface area contributed by atoms with Crippen LogP contribution in [0.4, 0.5) is 0 Å². The van der Waals surface area contributed by atoms with E-state index in [0.717, 1.165) is 16.7 Å². The second-order valence-corrected chi connectivity index (χ2v) is 8.11. The van der Waals surface area contributed by atoms with Crippen molar-refractivity contribution < 1.29 is 22.7 Å². The van der Waals surface area contributed by atoms with Gasteiger partial charge in [0, 0.05) is 20.2 Å². The zero-order valence-electron chi connectivity index (χ0n) is 16.3.